The predicted octanol–water partition coefficient (Wildman–Crippen LogP) is 2.71. The fourth-order valence-electron chi connectivity index (χ4n) is 1.85. The molecule has 21 heavy (non-hydrogen) atoms. The van der Waals surface area contributed by atoms with Crippen LogP contribution in [0.1, 0.15) is 25.0 Å². The third kappa shape index (κ3) is 5.42. The van der Waals surface area contributed by atoms with E-state index < -0.39 is 12.0 Å². The van der Waals surface area contributed by atoms with E-state index in [1.807, 2.05) is 39.8 Å². The van der Waals surface area contributed by atoms with Crippen LogP contribution in [0.2, 0.25) is 0 Å². The molecule has 0 saturated carbocycles. The second-order valence-electron chi connectivity index (χ2n) is 5.37. The van der Waals surface area contributed by atoms with Crippen molar-refractivity contribution in [3.63, 3.8) is 0 Å². The summed E-state index contributed by atoms with van der Waals surface area (Å²) < 4.78 is 4.71. The molecular weight excluding hydrogens is 286 g/mol. The third-order valence-electron chi connectivity index (χ3n) is 3.14. The predicted molar refractivity (Wildman–Crippen MR) is 85.4 cm³/mol. The average molecular weight is 309 g/mol. The van der Waals surface area contributed by atoms with E-state index in [9.17, 15) is 9.59 Å². The number of aryl methyl sites for hydroxylation is 2. The molecule has 116 valence electrons. The van der Waals surface area contributed by atoms with Crippen LogP contribution in [0.15, 0.2) is 23.1 Å². The lowest BCUT2D eigenvalue weighted by atomic mass is 10.1. The SMILES string of the molecule is COC(=O)C(NC(=O)CSc1cc(C)ccc1C)C(C)C. The molecule has 0 aliphatic carbocycles. The lowest BCUT2D eigenvalue weighted by Crippen LogP contribution is -2.45. The second kappa shape index (κ2) is 8.08. The van der Waals surface area contributed by atoms with Crippen LogP contribution in [0.25, 0.3) is 0 Å². The Balaban J connectivity index is 2.61. The van der Waals surface area contributed by atoms with E-state index in [0.717, 1.165) is 16.0 Å². The molecule has 1 rings (SSSR count). The number of benzene rings is 1. The van der Waals surface area contributed by atoms with E-state index in [1.54, 1.807) is 0 Å². The van der Waals surface area contributed by atoms with E-state index >= 15 is 0 Å². The number of amides is 1. The molecule has 0 heterocycles. The topological polar surface area (TPSA) is 55.4 Å². The van der Waals surface area contributed by atoms with Gasteiger partial charge in [-0.05, 0) is 31.4 Å². The molecule has 0 fully saturated rings. The Bertz CT molecular complexity index is 514. The van der Waals surface area contributed by atoms with Gasteiger partial charge in [0.15, 0.2) is 0 Å². The minimum absolute atomic E-state index is 0.00731. The Morgan fingerprint density at radius 2 is 1.95 bits per heavy atom. The van der Waals surface area contributed by atoms with Crippen molar-refractivity contribution < 1.29 is 14.3 Å². The average Bonchev–Trinajstić information content (AvgIpc) is 2.44. The smallest absolute Gasteiger partial charge is 0.328 e. The summed E-state index contributed by atoms with van der Waals surface area (Å²) in [6.45, 7) is 7.79. The monoisotopic (exact) mass is 309 g/mol. The highest BCUT2D eigenvalue weighted by molar-refractivity contribution is 8.00. The lowest BCUT2D eigenvalue weighted by molar-refractivity contribution is -0.146. The van der Waals surface area contributed by atoms with Crippen LogP contribution >= 0.6 is 11.8 Å². The Hall–Kier alpha value is -1.49. The summed E-state index contributed by atoms with van der Waals surface area (Å²) in [6.07, 6.45) is 0. The van der Waals surface area contributed by atoms with Crippen molar-refractivity contribution in [3.05, 3.63) is 29.3 Å². The molecule has 0 aromatic heterocycles. The zero-order valence-electron chi connectivity index (χ0n) is 13.2. The maximum Gasteiger partial charge on any atom is 0.328 e. The van der Waals surface area contributed by atoms with Crippen LogP contribution in [-0.2, 0) is 14.3 Å². The quantitative estimate of drug-likeness (QED) is 0.648. The van der Waals surface area contributed by atoms with Crippen molar-refractivity contribution in [1.82, 2.24) is 5.32 Å². The number of methoxy groups -OCH3 is 1. The van der Waals surface area contributed by atoms with E-state index in [-0.39, 0.29) is 17.6 Å². The molecule has 1 atom stereocenters. The molecule has 1 aromatic carbocycles. The van der Waals surface area contributed by atoms with Gasteiger partial charge in [-0.15, -0.1) is 11.8 Å². The van der Waals surface area contributed by atoms with Gasteiger partial charge in [-0.1, -0.05) is 31.5 Å². The summed E-state index contributed by atoms with van der Waals surface area (Å²) in [5.74, 6) is -0.294. The van der Waals surface area contributed by atoms with Crippen LogP contribution in [0.3, 0.4) is 0 Å². The lowest BCUT2D eigenvalue weighted by Gasteiger charge is -2.19. The minimum Gasteiger partial charge on any atom is -0.467 e. The van der Waals surface area contributed by atoms with Crippen LogP contribution < -0.4 is 5.32 Å². The Kier molecular flexibility index (Phi) is 6.75. The van der Waals surface area contributed by atoms with Gasteiger partial charge in [-0.25, -0.2) is 4.79 Å². The maximum absolute atomic E-state index is 12.0. The zero-order valence-corrected chi connectivity index (χ0v) is 14.0. The molecule has 5 heteroatoms. The van der Waals surface area contributed by atoms with Gasteiger partial charge in [-0.2, -0.15) is 0 Å². The third-order valence-corrected chi connectivity index (χ3v) is 4.30. The van der Waals surface area contributed by atoms with Crippen molar-refractivity contribution >= 4 is 23.6 Å². The van der Waals surface area contributed by atoms with Gasteiger partial charge in [0, 0.05) is 4.90 Å². The van der Waals surface area contributed by atoms with Crippen LogP contribution in [0.5, 0.6) is 0 Å². The molecular formula is C16H23NO3S. The standard InChI is InChI=1S/C16H23NO3S/c1-10(2)15(16(19)20-5)17-14(18)9-21-13-8-11(3)6-7-12(13)4/h6-8,10,15H,9H2,1-5H3,(H,17,18). The number of carbonyl (C=O) groups excluding carboxylic acids is 2. The normalized spacial score (nSPS) is 12.1. The number of thioether (sulfide) groups is 1. The Morgan fingerprint density at radius 1 is 1.29 bits per heavy atom. The largest absolute Gasteiger partial charge is 0.467 e. The summed E-state index contributed by atoms with van der Waals surface area (Å²) in [4.78, 5) is 24.7. The molecule has 0 aliphatic heterocycles. The van der Waals surface area contributed by atoms with Crippen molar-refractivity contribution in [3.8, 4) is 0 Å². The fraction of sp³-hybridized carbons (Fsp3) is 0.500. The molecule has 0 spiro atoms. The molecule has 0 saturated heterocycles. The highest BCUT2D eigenvalue weighted by Crippen LogP contribution is 2.23. The van der Waals surface area contributed by atoms with Gasteiger partial charge in [-0.3, -0.25) is 4.79 Å². The first kappa shape index (κ1) is 17.6. The van der Waals surface area contributed by atoms with E-state index in [2.05, 4.69) is 11.4 Å². The van der Waals surface area contributed by atoms with Gasteiger partial charge >= 0.3 is 5.97 Å². The number of hydrogen-bond acceptors (Lipinski definition) is 4. The number of esters is 1. The minimum atomic E-state index is -0.596. The number of nitrogens with one attached hydrogen (secondary N) is 1. The summed E-state index contributed by atoms with van der Waals surface area (Å²) in [5, 5.41) is 2.74. The highest BCUT2D eigenvalue weighted by Gasteiger charge is 2.24. The first-order valence-electron chi connectivity index (χ1n) is 6.92. The Labute approximate surface area is 130 Å². The van der Waals surface area contributed by atoms with Crippen LogP contribution in [0, 0.1) is 19.8 Å². The molecule has 0 bridgehead atoms. The number of ether oxygens (including phenoxy) is 1. The summed E-state index contributed by atoms with van der Waals surface area (Å²) in [5.41, 5.74) is 2.31. The molecule has 1 unspecified atom stereocenters. The second-order valence-corrected chi connectivity index (χ2v) is 6.39. The van der Waals surface area contributed by atoms with Gasteiger partial charge in [0.2, 0.25) is 5.91 Å². The van der Waals surface area contributed by atoms with Gasteiger partial charge in [0.05, 0.1) is 12.9 Å². The first-order chi connectivity index (χ1) is 9.85. The molecule has 4 nitrogen and oxygen atoms in total. The summed E-state index contributed by atoms with van der Waals surface area (Å²) in [6, 6.07) is 5.56. The van der Waals surface area contributed by atoms with Crippen LogP contribution in [0.4, 0.5) is 0 Å². The van der Waals surface area contributed by atoms with Gasteiger partial charge < -0.3 is 10.1 Å². The fourth-order valence-corrected chi connectivity index (χ4v) is 2.78. The molecule has 0 radical (unpaired) electrons. The van der Waals surface area contributed by atoms with E-state index in [1.165, 1.54) is 18.9 Å². The molecule has 1 amide bonds. The number of carbonyl (C=O) groups is 2. The van der Waals surface area contributed by atoms with Gasteiger partial charge in [0.25, 0.3) is 0 Å². The zero-order chi connectivity index (χ0) is 16.0. The number of hydrogen-bond donors (Lipinski definition) is 1. The summed E-state index contributed by atoms with van der Waals surface area (Å²) in [7, 11) is 1.33. The number of rotatable bonds is 6. The first-order valence-corrected chi connectivity index (χ1v) is 7.91. The van der Waals surface area contributed by atoms with Gasteiger partial charge in [0.1, 0.15) is 6.04 Å². The van der Waals surface area contributed by atoms with Crippen molar-refractivity contribution in [2.24, 2.45) is 5.92 Å². The highest BCUT2D eigenvalue weighted by atomic mass is 32.2. The van der Waals surface area contributed by atoms with Crippen LogP contribution in [-0.4, -0.2) is 30.8 Å². The molecule has 1 aromatic rings. The van der Waals surface area contributed by atoms with E-state index in [4.69, 9.17) is 4.74 Å². The Morgan fingerprint density at radius 3 is 2.52 bits per heavy atom. The summed E-state index contributed by atoms with van der Waals surface area (Å²) >= 11 is 1.48. The van der Waals surface area contributed by atoms with Crippen molar-refractivity contribution in [2.75, 3.05) is 12.9 Å². The maximum atomic E-state index is 12.0. The molecule has 1 N–H and O–H groups in total. The van der Waals surface area contributed by atoms with Crippen molar-refractivity contribution in [1.29, 1.82) is 0 Å². The van der Waals surface area contributed by atoms with E-state index in [0.29, 0.717) is 0 Å². The molecule has 0 aliphatic rings. The van der Waals surface area contributed by atoms with Crippen molar-refractivity contribution in [2.45, 2.75) is 38.6 Å².